The van der Waals surface area contributed by atoms with Gasteiger partial charge in [0.25, 0.3) is 0 Å². The molecule has 0 saturated carbocycles. The number of nitrogens with zero attached hydrogens (tertiary/aromatic N) is 1. The largest absolute Gasteiger partial charge is 0.384 e. The van der Waals surface area contributed by atoms with Crippen LogP contribution in [0.25, 0.3) is 0 Å². The summed E-state index contributed by atoms with van der Waals surface area (Å²) in [5, 5.41) is 0. The second kappa shape index (κ2) is 4.73. The first kappa shape index (κ1) is 9.01. The van der Waals surface area contributed by atoms with Crippen molar-refractivity contribution in [2.75, 3.05) is 33.4 Å². The summed E-state index contributed by atoms with van der Waals surface area (Å²) < 4.78 is 5.13. The van der Waals surface area contributed by atoms with Crippen molar-refractivity contribution in [3.8, 4) is 0 Å². The van der Waals surface area contributed by atoms with Crippen LogP contribution in [0.2, 0.25) is 0 Å². The molecule has 0 N–H and O–H groups in total. The number of rotatable bonds is 3. The van der Waals surface area contributed by atoms with E-state index < -0.39 is 0 Å². The molecular weight excluding hydrogens is 138 g/mol. The van der Waals surface area contributed by atoms with Gasteiger partial charge in [-0.05, 0) is 38.4 Å². The van der Waals surface area contributed by atoms with Crippen molar-refractivity contribution in [2.24, 2.45) is 5.92 Å². The second-order valence-electron chi connectivity index (χ2n) is 3.33. The van der Waals surface area contributed by atoms with Crippen LogP contribution < -0.4 is 0 Å². The lowest BCUT2D eigenvalue weighted by atomic mass is 9.98. The van der Waals surface area contributed by atoms with Gasteiger partial charge in [-0.2, -0.15) is 0 Å². The van der Waals surface area contributed by atoms with Gasteiger partial charge < -0.3 is 9.64 Å². The molecule has 0 aliphatic carbocycles. The number of hydrogen-bond donors (Lipinski definition) is 0. The highest BCUT2D eigenvalue weighted by Crippen LogP contribution is 2.16. The molecule has 0 aromatic heterocycles. The summed E-state index contributed by atoms with van der Waals surface area (Å²) in [6, 6.07) is 0. The third kappa shape index (κ3) is 2.80. The molecule has 0 aromatic rings. The monoisotopic (exact) mass is 157 g/mol. The van der Waals surface area contributed by atoms with E-state index in [0.29, 0.717) is 0 Å². The highest BCUT2D eigenvalue weighted by Gasteiger charge is 2.17. The zero-order chi connectivity index (χ0) is 8.10. The molecule has 1 rings (SSSR count). The minimum atomic E-state index is 0.822. The standard InChI is InChI=1S/C9H19NO/c1-3-10-6-4-9(5-7-10)8-11-2/h9H,3-8H2,1-2H3. The third-order valence-electron chi connectivity index (χ3n) is 2.56. The van der Waals surface area contributed by atoms with Gasteiger partial charge in [-0.1, -0.05) is 6.92 Å². The lowest BCUT2D eigenvalue weighted by Crippen LogP contribution is -2.34. The number of hydrogen-bond acceptors (Lipinski definition) is 2. The maximum atomic E-state index is 5.13. The smallest absolute Gasteiger partial charge is 0.0491 e. The highest BCUT2D eigenvalue weighted by molar-refractivity contribution is 4.70. The lowest BCUT2D eigenvalue weighted by Gasteiger charge is -2.30. The van der Waals surface area contributed by atoms with E-state index in [4.69, 9.17) is 4.74 Å². The molecule has 2 heteroatoms. The fraction of sp³-hybridized carbons (Fsp3) is 1.00. The average molecular weight is 157 g/mol. The minimum Gasteiger partial charge on any atom is -0.384 e. The van der Waals surface area contributed by atoms with E-state index >= 15 is 0 Å². The molecule has 1 heterocycles. The maximum Gasteiger partial charge on any atom is 0.0491 e. The van der Waals surface area contributed by atoms with Crippen LogP contribution in [0, 0.1) is 5.92 Å². The van der Waals surface area contributed by atoms with Gasteiger partial charge in [-0.3, -0.25) is 0 Å². The van der Waals surface area contributed by atoms with Crippen LogP contribution in [0.5, 0.6) is 0 Å². The van der Waals surface area contributed by atoms with Crippen LogP contribution in [0.15, 0.2) is 0 Å². The first-order valence-corrected chi connectivity index (χ1v) is 4.58. The van der Waals surface area contributed by atoms with E-state index in [9.17, 15) is 0 Å². The fourth-order valence-electron chi connectivity index (χ4n) is 1.71. The summed E-state index contributed by atoms with van der Waals surface area (Å²) in [7, 11) is 1.80. The molecule has 1 fully saturated rings. The van der Waals surface area contributed by atoms with Crippen molar-refractivity contribution >= 4 is 0 Å². The Bertz CT molecular complexity index is 97.7. The summed E-state index contributed by atoms with van der Waals surface area (Å²) in [4.78, 5) is 2.51. The Morgan fingerprint density at radius 3 is 2.45 bits per heavy atom. The van der Waals surface area contributed by atoms with Gasteiger partial charge in [0, 0.05) is 13.7 Å². The fourth-order valence-corrected chi connectivity index (χ4v) is 1.71. The molecule has 66 valence electrons. The molecule has 0 atom stereocenters. The molecule has 1 aliphatic heterocycles. The van der Waals surface area contributed by atoms with Gasteiger partial charge >= 0.3 is 0 Å². The first-order valence-electron chi connectivity index (χ1n) is 4.58. The van der Waals surface area contributed by atoms with E-state index in [1.54, 1.807) is 7.11 Å². The van der Waals surface area contributed by atoms with Crippen LogP contribution in [-0.2, 0) is 4.74 Å². The van der Waals surface area contributed by atoms with E-state index in [2.05, 4.69) is 11.8 Å². The molecule has 0 aromatic carbocycles. The summed E-state index contributed by atoms with van der Waals surface area (Å²) in [6.45, 7) is 6.93. The van der Waals surface area contributed by atoms with Gasteiger partial charge in [0.2, 0.25) is 0 Å². The predicted octanol–water partition coefficient (Wildman–Crippen LogP) is 1.36. The van der Waals surface area contributed by atoms with Crippen molar-refractivity contribution in [3.63, 3.8) is 0 Å². The molecule has 0 spiro atoms. The molecule has 1 saturated heterocycles. The van der Waals surface area contributed by atoms with Gasteiger partial charge in [0.1, 0.15) is 0 Å². The average Bonchev–Trinajstić information content (AvgIpc) is 2.07. The van der Waals surface area contributed by atoms with Crippen LogP contribution in [0.1, 0.15) is 19.8 Å². The van der Waals surface area contributed by atoms with Crippen LogP contribution in [0.4, 0.5) is 0 Å². The Hall–Kier alpha value is -0.0800. The lowest BCUT2D eigenvalue weighted by molar-refractivity contribution is 0.102. The second-order valence-corrected chi connectivity index (χ2v) is 3.33. The highest BCUT2D eigenvalue weighted by atomic mass is 16.5. The van der Waals surface area contributed by atoms with Gasteiger partial charge in [0.15, 0.2) is 0 Å². The topological polar surface area (TPSA) is 12.5 Å². The quantitative estimate of drug-likeness (QED) is 0.613. The van der Waals surface area contributed by atoms with E-state index in [-0.39, 0.29) is 0 Å². The Morgan fingerprint density at radius 1 is 1.36 bits per heavy atom. The molecule has 0 unspecified atom stereocenters. The van der Waals surface area contributed by atoms with Crippen molar-refractivity contribution in [3.05, 3.63) is 0 Å². The molecule has 11 heavy (non-hydrogen) atoms. The minimum absolute atomic E-state index is 0.822. The molecular formula is C9H19NO. The molecule has 2 nitrogen and oxygen atoms in total. The zero-order valence-electron chi connectivity index (χ0n) is 7.68. The Labute approximate surface area is 69.5 Å². The van der Waals surface area contributed by atoms with Gasteiger partial charge in [-0.15, -0.1) is 0 Å². The van der Waals surface area contributed by atoms with Gasteiger partial charge in [0.05, 0.1) is 0 Å². The molecule has 0 radical (unpaired) electrons. The van der Waals surface area contributed by atoms with Crippen LogP contribution in [-0.4, -0.2) is 38.3 Å². The van der Waals surface area contributed by atoms with Crippen molar-refractivity contribution in [1.29, 1.82) is 0 Å². The molecule has 1 aliphatic rings. The number of methoxy groups -OCH3 is 1. The number of likely N-dealkylation sites (tertiary alicyclic amines) is 1. The Balaban J connectivity index is 2.14. The summed E-state index contributed by atoms with van der Waals surface area (Å²) in [6.07, 6.45) is 2.64. The SMILES string of the molecule is CCN1CCC(COC)CC1. The van der Waals surface area contributed by atoms with E-state index in [1.165, 1.54) is 32.5 Å². The van der Waals surface area contributed by atoms with Crippen molar-refractivity contribution in [1.82, 2.24) is 4.90 Å². The normalized spacial score (nSPS) is 22.4. The molecule has 0 amide bonds. The van der Waals surface area contributed by atoms with Crippen LogP contribution >= 0.6 is 0 Å². The summed E-state index contributed by atoms with van der Waals surface area (Å²) in [5.74, 6) is 0.822. The van der Waals surface area contributed by atoms with Crippen molar-refractivity contribution < 1.29 is 4.74 Å². The number of piperidine rings is 1. The zero-order valence-corrected chi connectivity index (χ0v) is 7.68. The van der Waals surface area contributed by atoms with Crippen molar-refractivity contribution in [2.45, 2.75) is 19.8 Å². The van der Waals surface area contributed by atoms with Crippen LogP contribution in [0.3, 0.4) is 0 Å². The molecule has 0 bridgehead atoms. The van der Waals surface area contributed by atoms with Gasteiger partial charge in [-0.25, -0.2) is 0 Å². The third-order valence-corrected chi connectivity index (χ3v) is 2.56. The summed E-state index contributed by atoms with van der Waals surface area (Å²) >= 11 is 0. The number of ether oxygens (including phenoxy) is 1. The van der Waals surface area contributed by atoms with E-state index in [1.807, 2.05) is 0 Å². The first-order chi connectivity index (χ1) is 5.36. The van der Waals surface area contributed by atoms with E-state index in [0.717, 1.165) is 12.5 Å². The predicted molar refractivity (Wildman–Crippen MR) is 46.7 cm³/mol. The maximum absolute atomic E-state index is 5.13. The summed E-state index contributed by atoms with van der Waals surface area (Å²) in [5.41, 5.74) is 0. The Kier molecular flexibility index (Phi) is 3.87. The Morgan fingerprint density at radius 2 is 2.00 bits per heavy atom.